The third kappa shape index (κ3) is 4.15. The SMILES string of the molecule is COCCN1CC(C(=O)NC(C)(CO)CO)CC1=O. The van der Waals surface area contributed by atoms with Gasteiger partial charge in [0.2, 0.25) is 11.8 Å². The van der Waals surface area contributed by atoms with Crippen molar-refractivity contribution in [1.82, 2.24) is 10.2 Å². The molecule has 1 heterocycles. The van der Waals surface area contributed by atoms with Crippen molar-refractivity contribution in [2.75, 3.05) is 40.0 Å². The Morgan fingerprint density at radius 2 is 2.16 bits per heavy atom. The lowest BCUT2D eigenvalue weighted by atomic mass is 10.0. The van der Waals surface area contributed by atoms with E-state index in [2.05, 4.69) is 5.32 Å². The summed E-state index contributed by atoms with van der Waals surface area (Å²) in [6.07, 6.45) is 0.155. The number of nitrogens with zero attached hydrogens (tertiary/aromatic N) is 1. The molecule has 0 aliphatic carbocycles. The number of amides is 2. The third-order valence-corrected chi connectivity index (χ3v) is 3.27. The van der Waals surface area contributed by atoms with Gasteiger partial charge in [-0.15, -0.1) is 0 Å². The maximum Gasteiger partial charge on any atom is 0.226 e. The number of methoxy groups -OCH3 is 1. The molecule has 1 fully saturated rings. The van der Waals surface area contributed by atoms with Gasteiger partial charge in [-0.25, -0.2) is 0 Å². The minimum absolute atomic E-state index is 0.0769. The molecule has 1 aliphatic heterocycles. The number of ether oxygens (including phenoxy) is 1. The highest BCUT2D eigenvalue weighted by Gasteiger charge is 2.36. The van der Waals surface area contributed by atoms with Gasteiger partial charge in [-0.1, -0.05) is 0 Å². The van der Waals surface area contributed by atoms with E-state index in [0.717, 1.165) is 0 Å². The van der Waals surface area contributed by atoms with E-state index in [1.54, 1.807) is 18.9 Å². The van der Waals surface area contributed by atoms with Gasteiger partial charge in [0.1, 0.15) is 0 Å². The van der Waals surface area contributed by atoms with Gasteiger partial charge < -0.3 is 25.2 Å². The van der Waals surface area contributed by atoms with Gasteiger partial charge in [0.25, 0.3) is 0 Å². The summed E-state index contributed by atoms with van der Waals surface area (Å²) in [4.78, 5) is 25.3. The maximum atomic E-state index is 12.0. The van der Waals surface area contributed by atoms with Crippen LogP contribution in [-0.2, 0) is 14.3 Å². The van der Waals surface area contributed by atoms with E-state index in [1.807, 2.05) is 0 Å². The fraction of sp³-hybridized carbons (Fsp3) is 0.833. The maximum absolute atomic E-state index is 12.0. The van der Waals surface area contributed by atoms with Crippen LogP contribution in [0.1, 0.15) is 13.3 Å². The zero-order valence-electron chi connectivity index (χ0n) is 11.4. The summed E-state index contributed by atoms with van der Waals surface area (Å²) in [6, 6.07) is 0. The number of rotatable bonds is 7. The Hall–Kier alpha value is -1.18. The van der Waals surface area contributed by atoms with E-state index < -0.39 is 11.5 Å². The molecule has 0 bridgehead atoms. The predicted octanol–water partition coefficient (Wildman–Crippen LogP) is -1.66. The smallest absolute Gasteiger partial charge is 0.226 e. The molecule has 0 spiro atoms. The van der Waals surface area contributed by atoms with Crippen molar-refractivity contribution in [1.29, 1.82) is 0 Å². The number of carbonyl (C=O) groups excluding carboxylic acids is 2. The van der Waals surface area contributed by atoms with Crippen LogP contribution >= 0.6 is 0 Å². The Kier molecular flexibility index (Phi) is 5.71. The minimum atomic E-state index is -1.06. The Labute approximate surface area is 112 Å². The average Bonchev–Trinajstić information content (AvgIpc) is 2.77. The molecule has 0 aromatic rings. The summed E-state index contributed by atoms with van der Waals surface area (Å²) < 4.78 is 4.90. The van der Waals surface area contributed by atoms with Crippen LogP contribution in [0.4, 0.5) is 0 Å². The second-order valence-electron chi connectivity index (χ2n) is 5.10. The number of aliphatic hydroxyl groups excluding tert-OH is 2. The molecule has 19 heavy (non-hydrogen) atoms. The Balaban J connectivity index is 2.53. The van der Waals surface area contributed by atoms with Crippen LogP contribution < -0.4 is 5.32 Å². The average molecular weight is 274 g/mol. The Morgan fingerprint density at radius 3 is 2.68 bits per heavy atom. The van der Waals surface area contributed by atoms with Crippen molar-refractivity contribution in [2.45, 2.75) is 18.9 Å². The second kappa shape index (κ2) is 6.83. The molecule has 0 saturated carbocycles. The summed E-state index contributed by atoms with van der Waals surface area (Å²) in [7, 11) is 1.55. The predicted molar refractivity (Wildman–Crippen MR) is 67.3 cm³/mol. The van der Waals surface area contributed by atoms with Crippen LogP contribution in [0, 0.1) is 5.92 Å². The molecule has 7 heteroatoms. The number of nitrogens with one attached hydrogen (secondary N) is 1. The van der Waals surface area contributed by atoms with E-state index >= 15 is 0 Å². The first-order valence-corrected chi connectivity index (χ1v) is 6.26. The van der Waals surface area contributed by atoms with Gasteiger partial charge in [0.15, 0.2) is 0 Å². The first kappa shape index (κ1) is 15.9. The lowest BCUT2D eigenvalue weighted by Crippen LogP contribution is -2.53. The van der Waals surface area contributed by atoms with Crippen molar-refractivity contribution < 1.29 is 24.5 Å². The topological polar surface area (TPSA) is 99.1 Å². The molecular formula is C12H22N2O5. The first-order valence-electron chi connectivity index (χ1n) is 6.26. The van der Waals surface area contributed by atoms with Crippen molar-refractivity contribution in [3.63, 3.8) is 0 Å². The number of likely N-dealkylation sites (tertiary alicyclic amines) is 1. The number of hydrogen-bond acceptors (Lipinski definition) is 5. The molecule has 7 nitrogen and oxygen atoms in total. The summed E-state index contributed by atoms with van der Waals surface area (Å²) >= 11 is 0. The summed E-state index contributed by atoms with van der Waals surface area (Å²) in [5.74, 6) is -0.840. The largest absolute Gasteiger partial charge is 0.394 e. The van der Waals surface area contributed by atoms with Crippen LogP contribution in [0.3, 0.4) is 0 Å². The van der Waals surface area contributed by atoms with E-state index in [0.29, 0.717) is 19.7 Å². The van der Waals surface area contributed by atoms with Crippen LogP contribution in [0.5, 0.6) is 0 Å². The van der Waals surface area contributed by atoms with E-state index in [1.165, 1.54) is 0 Å². The Morgan fingerprint density at radius 1 is 1.53 bits per heavy atom. The molecule has 0 aromatic heterocycles. The first-order chi connectivity index (χ1) is 8.95. The van der Waals surface area contributed by atoms with Gasteiger partial charge in [0.05, 0.1) is 31.3 Å². The van der Waals surface area contributed by atoms with Crippen LogP contribution in [0.2, 0.25) is 0 Å². The fourth-order valence-electron chi connectivity index (χ4n) is 1.89. The van der Waals surface area contributed by atoms with Crippen LogP contribution in [0.25, 0.3) is 0 Å². The van der Waals surface area contributed by atoms with Crippen molar-refractivity contribution in [3.05, 3.63) is 0 Å². The van der Waals surface area contributed by atoms with Gasteiger partial charge in [-0.3, -0.25) is 9.59 Å². The van der Waals surface area contributed by atoms with E-state index in [-0.39, 0.29) is 31.4 Å². The zero-order chi connectivity index (χ0) is 14.5. The molecule has 1 saturated heterocycles. The third-order valence-electron chi connectivity index (χ3n) is 3.27. The molecule has 1 unspecified atom stereocenters. The molecule has 110 valence electrons. The second-order valence-corrected chi connectivity index (χ2v) is 5.10. The molecule has 3 N–H and O–H groups in total. The number of aliphatic hydroxyl groups is 2. The normalized spacial score (nSPS) is 19.9. The molecule has 1 rings (SSSR count). The fourth-order valence-corrected chi connectivity index (χ4v) is 1.89. The number of hydrogen-bond donors (Lipinski definition) is 3. The van der Waals surface area contributed by atoms with Crippen molar-refractivity contribution in [2.24, 2.45) is 5.92 Å². The molecule has 0 aromatic carbocycles. The van der Waals surface area contributed by atoms with E-state index in [9.17, 15) is 9.59 Å². The summed E-state index contributed by atoms with van der Waals surface area (Å²) in [6.45, 7) is 2.08. The molecule has 0 radical (unpaired) electrons. The minimum Gasteiger partial charge on any atom is -0.394 e. The summed E-state index contributed by atoms with van der Waals surface area (Å²) in [5.41, 5.74) is -1.06. The van der Waals surface area contributed by atoms with E-state index in [4.69, 9.17) is 14.9 Å². The Bertz CT molecular complexity index is 330. The van der Waals surface area contributed by atoms with Crippen molar-refractivity contribution in [3.8, 4) is 0 Å². The molecule has 1 aliphatic rings. The standard InChI is InChI=1S/C12H22N2O5/c1-12(7-15,8-16)13-11(18)9-5-10(17)14(6-9)3-4-19-2/h9,15-16H,3-8H2,1-2H3,(H,13,18). The highest BCUT2D eigenvalue weighted by atomic mass is 16.5. The van der Waals surface area contributed by atoms with Gasteiger partial charge in [-0.05, 0) is 6.92 Å². The quantitative estimate of drug-likeness (QED) is 0.516. The highest BCUT2D eigenvalue weighted by Crippen LogP contribution is 2.18. The van der Waals surface area contributed by atoms with Gasteiger partial charge in [-0.2, -0.15) is 0 Å². The van der Waals surface area contributed by atoms with Crippen molar-refractivity contribution >= 4 is 11.8 Å². The zero-order valence-corrected chi connectivity index (χ0v) is 11.4. The molecule has 2 amide bonds. The summed E-state index contributed by atoms with van der Waals surface area (Å²) in [5, 5.41) is 20.8. The van der Waals surface area contributed by atoms with Crippen LogP contribution in [-0.4, -0.2) is 72.5 Å². The monoisotopic (exact) mass is 274 g/mol. The van der Waals surface area contributed by atoms with Gasteiger partial charge >= 0.3 is 0 Å². The highest BCUT2D eigenvalue weighted by molar-refractivity contribution is 5.89. The number of carbonyl (C=O) groups is 2. The molecular weight excluding hydrogens is 252 g/mol. The van der Waals surface area contributed by atoms with Gasteiger partial charge in [0, 0.05) is 26.6 Å². The van der Waals surface area contributed by atoms with Crippen LogP contribution in [0.15, 0.2) is 0 Å². The molecule has 1 atom stereocenters. The lowest BCUT2D eigenvalue weighted by molar-refractivity contribution is -0.130. The lowest BCUT2D eigenvalue weighted by Gasteiger charge is -2.27.